The standard InChI is InChI=1S/C12H20N4O/c1-12(2,3)11(17)14-10-6-9(15-16-10)7-4-8(13)5-7/h6-8H,4-5,13H2,1-3H3,(H2,14,15,16,17). The van der Waals surface area contributed by atoms with Crippen LogP contribution in [0, 0.1) is 5.41 Å². The molecule has 17 heavy (non-hydrogen) atoms. The minimum Gasteiger partial charge on any atom is -0.328 e. The van der Waals surface area contributed by atoms with Crippen molar-refractivity contribution in [3.8, 4) is 0 Å². The SMILES string of the molecule is CC(C)(C)C(=O)Nc1cc(C2CC(N)C2)[nH]n1. The second-order valence-electron chi connectivity index (χ2n) is 5.84. The molecule has 1 aromatic rings. The Morgan fingerprint density at radius 1 is 1.53 bits per heavy atom. The Hall–Kier alpha value is -1.36. The summed E-state index contributed by atoms with van der Waals surface area (Å²) in [5, 5.41) is 9.87. The third kappa shape index (κ3) is 2.66. The Kier molecular flexibility index (Phi) is 2.95. The summed E-state index contributed by atoms with van der Waals surface area (Å²) in [4.78, 5) is 11.8. The van der Waals surface area contributed by atoms with Crippen LogP contribution in [0.5, 0.6) is 0 Å². The average molecular weight is 236 g/mol. The topological polar surface area (TPSA) is 83.8 Å². The quantitative estimate of drug-likeness (QED) is 0.729. The molecule has 0 unspecified atom stereocenters. The second-order valence-corrected chi connectivity index (χ2v) is 5.84. The number of hydrogen-bond donors (Lipinski definition) is 3. The highest BCUT2D eigenvalue weighted by Crippen LogP contribution is 2.35. The normalized spacial score (nSPS) is 24.2. The maximum atomic E-state index is 11.8. The van der Waals surface area contributed by atoms with E-state index in [1.807, 2.05) is 26.8 Å². The van der Waals surface area contributed by atoms with Gasteiger partial charge in [-0.05, 0) is 12.8 Å². The monoisotopic (exact) mass is 236 g/mol. The number of carbonyl (C=O) groups excluding carboxylic acids is 1. The number of aromatic amines is 1. The zero-order chi connectivity index (χ0) is 12.6. The van der Waals surface area contributed by atoms with E-state index in [9.17, 15) is 4.79 Å². The maximum absolute atomic E-state index is 11.8. The van der Waals surface area contributed by atoms with Gasteiger partial charge < -0.3 is 11.1 Å². The first kappa shape index (κ1) is 12.1. The lowest BCUT2D eigenvalue weighted by molar-refractivity contribution is -0.123. The molecule has 1 aromatic heterocycles. The Labute approximate surface area is 101 Å². The number of nitrogens with zero attached hydrogens (tertiary/aromatic N) is 1. The molecular weight excluding hydrogens is 216 g/mol. The van der Waals surface area contributed by atoms with Crippen LogP contribution in [-0.4, -0.2) is 22.1 Å². The van der Waals surface area contributed by atoms with Gasteiger partial charge in [-0.25, -0.2) is 0 Å². The second kappa shape index (κ2) is 4.14. The summed E-state index contributed by atoms with van der Waals surface area (Å²) in [6, 6.07) is 2.22. The van der Waals surface area contributed by atoms with Crippen LogP contribution < -0.4 is 11.1 Å². The molecule has 0 aliphatic heterocycles. The molecule has 1 heterocycles. The van der Waals surface area contributed by atoms with E-state index in [1.54, 1.807) is 0 Å². The molecule has 1 saturated carbocycles. The summed E-state index contributed by atoms with van der Waals surface area (Å²) < 4.78 is 0. The Bertz CT molecular complexity index is 412. The van der Waals surface area contributed by atoms with Gasteiger partial charge in [-0.15, -0.1) is 0 Å². The lowest BCUT2D eigenvalue weighted by Crippen LogP contribution is -2.34. The summed E-state index contributed by atoms with van der Waals surface area (Å²) in [6.45, 7) is 5.63. The molecule has 5 nitrogen and oxygen atoms in total. The smallest absolute Gasteiger partial charge is 0.230 e. The van der Waals surface area contributed by atoms with E-state index in [2.05, 4.69) is 15.5 Å². The van der Waals surface area contributed by atoms with Gasteiger partial charge in [0, 0.05) is 29.1 Å². The van der Waals surface area contributed by atoms with Crippen LogP contribution in [0.1, 0.15) is 45.2 Å². The highest BCUT2D eigenvalue weighted by Gasteiger charge is 2.29. The zero-order valence-electron chi connectivity index (χ0n) is 10.6. The number of carbonyl (C=O) groups is 1. The lowest BCUT2D eigenvalue weighted by Gasteiger charge is -2.31. The van der Waals surface area contributed by atoms with Crippen molar-refractivity contribution in [1.29, 1.82) is 0 Å². The molecule has 5 heteroatoms. The number of H-pyrrole nitrogens is 1. The fraction of sp³-hybridized carbons (Fsp3) is 0.667. The van der Waals surface area contributed by atoms with Gasteiger partial charge in [0.25, 0.3) is 0 Å². The number of hydrogen-bond acceptors (Lipinski definition) is 3. The Morgan fingerprint density at radius 3 is 2.71 bits per heavy atom. The molecule has 1 aliphatic carbocycles. The van der Waals surface area contributed by atoms with E-state index < -0.39 is 5.41 Å². The van der Waals surface area contributed by atoms with Crippen molar-refractivity contribution in [2.75, 3.05) is 5.32 Å². The van der Waals surface area contributed by atoms with E-state index in [0.29, 0.717) is 17.8 Å². The minimum absolute atomic E-state index is 0.0270. The van der Waals surface area contributed by atoms with Gasteiger partial charge in [0.2, 0.25) is 5.91 Å². The summed E-state index contributed by atoms with van der Waals surface area (Å²) in [5.41, 5.74) is 6.41. The van der Waals surface area contributed by atoms with Crippen LogP contribution in [0.25, 0.3) is 0 Å². The first-order valence-corrected chi connectivity index (χ1v) is 5.98. The fourth-order valence-corrected chi connectivity index (χ4v) is 1.83. The number of rotatable bonds is 2. The largest absolute Gasteiger partial charge is 0.328 e. The van der Waals surface area contributed by atoms with Crippen molar-refractivity contribution in [2.45, 2.75) is 45.6 Å². The van der Waals surface area contributed by atoms with E-state index in [0.717, 1.165) is 18.5 Å². The van der Waals surface area contributed by atoms with Crippen LogP contribution in [0.2, 0.25) is 0 Å². The van der Waals surface area contributed by atoms with Gasteiger partial charge in [-0.1, -0.05) is 20.8 Å². The van der Waals surface area contributed by atoms with Crippen LogP contribution in [0.3, 0.4) is 0 Å². The zero-order valence-corrected chi connectivity index (χ0v) is 10.6. The Morgan fingerprint density at radius 2 is 2.18 bits per heavy atom. The number of nitrogens with two attached hydrogens (primary N) is 1. The third-order valence-electron chi connectivity index (χ3n) is 3.13. The van der Waals surface area contributed by atoms with E-state index in [-0.39, 0.29) is 5.91 Å². The number of aromatic nitrogens is 2. The molecule has 0 atom stereocenters. The number of nitrogens with one attached hydrogen (secondary N) is 2. The average Bonchev–Trinajstić information content (AvgIpc) is 2.59. The molecule has 1 fully saturated rings. The Balaban J connectivity index is 1.97. The van der Waals surface area contributed by atoms with Gasteiger partial charge in [-0.2, -0.15) is 5.10 Å². The summed E-state index contributed by atoms with van der Waals surface area (Å²) in [6.07, 6.45) is 1.99. The van der Waals surface area contributed by atoms with Crippen LogP contribution in [0.4, 0.5) is 5.82 Å². The first-order valence-electron chi connectivity index (χ1n) is 5.98. The molecule has 4 N–H and O–H groups in total. The predicted molar refractivity (Wildman–Crippen MR) is 66.6 cm³/mol. The van der Waals surface area contributed by atoms with Crippen LogP contribution in [0.15, 0.2) is 6.07 Å². The van der Waals surface area contributed by atoms with Gasteiger partial charge >= 0.3 is 0 Å². The van der Waals surface area contributed by atoms with Gasteiger partial charge in [0.05, 0.1) is 0 Å². The van der Waals surface area contributed by atoms with Gasteiger partial charge in [0.15, 0.2) is 5.82 Å². The molecular formula is C12H20N4O. The molecule has 94 valence electrons. The van der Waals surface area contributed by atoms with Crippen molar-refractivity contribution in [1.82, 2.24) is 10.2 Å². The van der Waals surface area contributed by atoms with Crippen molar-refractivity contribution in [2.24, 2.45) is 11.1 Å². The van der Waals surface area contributed by atoms with Crippen LogP contribution in [-0.2, 0) is 4.79 Å². The van der Waals surface area contributed by atoms with E-state index >= 15 is 0 Å². The predicted octanol–water partition coefficient (Wildman–Crippen LogP) is 1.60. The molecule has 1 aliphatic rings. The number of amides is 1. The summed E-state index contributed by atoms with van der Waals surface area (Å²) in [7, 11) is 0. The van der Waals surface area contributed by atoms with Gasteiger partial charge in [-0.3, -0.25) is 9.89 Å². The molecule has 0 bridgehead atoms. The number of anilines is 1. The third-order valence-corrected chi connectivity index (χ3v) is 3.13. The van der Waals surface area contributed by atoms with Crippen molar-refractivity contribution in [3.63, 3.8) is 0 Å². The molecule has 0 spiro atoms. The van der Waals surface area contributed by atoms with Crippen molar-refractivity contribution in [3.05, 3.63) is 11.8 Å². The molecule has 0 aromatic carbocycles. The minimum atomic E-state index is -0.405. The van der Waals surface area contributed by atoms with E-state index in [1.165, 1.54) is 0 Å². The molecule has 1 amide bonds. The molecule has 2 rings (SSSR count). The molecule has 0 radical (unpaired) electrons. The fourth-order valence-electron chi connectivity index (χ4n) is 1.83. The van der Waals surface area contributed by atoms with Crippen molar-refractivity contribution < 1.29 is 4.79 Å². The van der Waals surface area contributed by atoms with Crippen LogP contribution >= 0.6 is 0 Å². The highest BCUT2D eigenvalue weighted by atomic mass is 16.2. The maximum Gasteiger partial charge on any atom is 0.230 e. The lowest BCUT2D eigenvalue weighted by atomic mass is 9.79. The molecule has 0 saturated heterocycles. The first-order chi connectivity index (χ1) is 7.86. The van der Waals surface area contributed by atoms with Gasteiger partial charge in [0.1, 0.15) is 0 Å². The summed E-state index contributed by atoms with van der Waals surface area (Å²) in [5.74, 6) is 1.04. The van der Waals surface area contributed by atoms with E-state index in [4.69, 9.17) is 5.73 Å². The highest BCUT2D eigenvalue weighted by molar-refractivity contribution is 5.93. The summed E-state index contributed by atoms with van der Waals surface area (Å²) >= 11 is 0. The van der Waals surface area contributed by atoms with Crippen molar-refractivity contribution >= 4 is 11.7 Å².